The second-order valence-electron chi connectivity index (χ2n) is 6.86. The monoisotopic (exact) mass is 372 g/mol. The van der Waals surface area contributed by atoms with Crippen molar-refractivity contribution in [1.82, 2.24) is 34.4 Å². The van der Waals surface area contributed by atoms with Crippen LogP contribution in [0.25, 0.3) is 11.0 Å². The van der Waals surface area contributed by atoms with Gasteiger partial charge in [0.2, 0.25) is 5.95 Å². The standard InChI is InChI=1S/C17H24N8O.CH4/c1-23-12-15(9-19-23)21-17-18-7-14-8-20-25(16(14)22-17)11-13-3-2-4-24(10-13)5-6-26;/h7-9,12-13,26H,2-6,10-11H2,1H3,(H,18,21,22);1H4. The van der Waals surface area contributed by atoms with Crippen molar-refractivity contribution in [2.24, 2.45) is 13.0 Å². The second kappa shape index (κ2) is 8.45. The van der Waals surface area contributed by atoms with E-state index in [2.05, 4.69) is 30.4 Å². The predicted molar refractivity (Wildman–Crippen MR) is 105 cm³/mol. The van der Waals surface area contributed by atoms with Crippen molar-refractivity contribution in [3.8, 4) is 0 Å². The van der Waals surface area contributed by atoms with Gasteiger partial charge in [-0.25, -0.2) is 9.67 Å². The van der Waals surface area contributed by atoms with E-state index in [0.29, 0.717) is 11.9 Å². The Morgan fingerprint density at radius 2 is 2.15 bits per heavy atom. The van der Waals surface area contributed by atoms with Gasteiger partial charge < -0.3 is 15.3 Å². The zero-order valence-electron chi connectivity index (χ0n) is 14.9. The molecule has 3 aromatic heterocycles. The van der Waals surface area contributed by atoms with Crippen LogP contribution in [0.5, 0.6) is 0 Å². The summed E-state index contributed by atoms with van der Waals surface area (Å²) >= 11 is 0. The van der Waals surface area contributed by atoms with Crippen LogP contribution in [0.15, 0.2) is 24.8 Å². The third-order valence-corrected chi connectivity index (χ3v) is 4.79. The summed E-state index contributed by atoms with van der Waals surface area (Å²) in [6.07, 6.45) is 9.56. The summed E-state index contributed by atoms with van der Waals surface area (Å²) in [5.74, 6) is 1.06. The van der Waals surface area contributed by atoms with E-state index in [9.17, 15) is 0 Å². The third kappa shape index (κ3) is 4.42. The van der Waals surface area contributed by atoms with Gasteiger partial charge >= 0.3 is 0 Å². The van der Waals surface area contributed by atoms with Gasteiger partial charge in [0.15, 0.2) is 5.65 Å². The molecule has 0 aromatic carbocycles. The minimum absolute atomic E-state index is 0. The van der Waals surface area contributed by atoms with Crippen LogP contribution < -0.4 is 5.32 Å². The highest BCUT2D eigenvalue weighted by Gasteiger charge is 2.21. The fourth-order valence-corrected chi connectivity index (χ4v) is 3.56. The first-order valence-corrected chi connectivity index (χ1v) is 8.99. The Balaban J connectivity index is 0.00000210. The number of aliphatic hydroxyl groups is 1. The lowest BCUT2D eigenvalue weighted by molar-refractivity contribution is 0.131. The Morgan fingerprint density at radius 3 is 2.93 bits per heavy atom. The number of nitrogens with one attached hydrogen (secondary N) is 1. The van der Waals surface area contributed by atoms with Gasteiger partial charge in [-0.15, -0.1) is 0 Å². The summed E-state index contributed by atoms with van der Waals surface area (Å²) in [4.78, 5) is 11.3. The molecular formula is C18H28N8O. The Morgan fingerprint density at radius 1 is 1.26 bits per heavy atom. The Hall–Kier alpha value is -2.52. The molecule has 0 radical (unpaired) electrons. The molecule has 1 atom stereocenters. The van der Waals surface area contributed by atoms with Crippen molar-refractivity contribution in [2.75, 3.05) is 31.6 Å². The number of likely N-dealkylation sites (tertiary alicyclic amines) is 1. The number of piperidine rings is 1. The molecule has 146 valence electrons. The van der Waals surface area contributed by atoms with Gasteiger partial charge in [-0.2, -0.15) is 15.2 Å². The number of anilines is 2. The smallest absolute Gasteiger partial charge is 0.229 e. The van der Waals surface area contributed by atoms with Crippen molar-refractivity contribution in [3.05, 3.63) is 24.8 Å². The predicted octanol–water partition coefficient (Wildman–Crippen LogP) is 1.64. The van der Waals surface area contributed by atoms with E-state index in [1.165, 1.54) is 6.42 Å². The molecule has 3 aromatic rings. The first kappa shape index (κ1) is 19.2. The minimum atomic E-state index is 0. The van der Waals surface area contributed by atoms with Gasteiger partial charge in [0.25, 0.3) is 0 Å². The van der Waals surface area contributed by atoms with Crippen LogP contribution in [-0.4, -0.2) is 65.8 Å². The fraction of sp³-hybridized carbons (Fsp3) is 0.556. The molecule has 1 aliphatic heterocycles. The number of nitrogens with zero attached hydrogens (tertiary/aromatic N) is 7. The molecule has 9 nitrogen and oxygen atoms in total. The van der Waals surface area contributed by atoms with Crippen molar-refractivity contribution in [1.29, 1.82) is 0 Å². The second-order valence-corrected chi connectivity index (χ2v) is 6.86. The largest absolute Gasteiger partial charge is 0.395 e. The van der Waals surface area contributed by atoms with Crippen molar-refractivity contribution in [2.45, 2.75) is 26.8 Å². The van der Waals surface area contributed by atoms with Crippen LogP contribution in [0.2, 0.25) is 0 Å². The maximum atomic E-state index is 9.17. The van der Waals surface area contributed by atoms with E-state index in [1.54, 1.807) is 17.1 Å². The number of aliphatic hydroxyl groups excluding tert-OH is 1. The molecule has 0 bridgehead atoms. The van der Waals surface area contributed by atoms with Gasteiger partial charge in [-0.05, 0) is 25.3 Å². The molecule has 1 aliphatic rings. The van der Waals surface area contributed by atoms with E-state index in [1.807, 2.05) is 24.1 Å². The van der Waals surface area contributed by atoms with E-state index in [0.717, 1.165) is 49.3 Å². The highest BCUT2D eigenvalue weighted by molar-refractivity contribution is 5.75. The molecule has 2 N–H and O–H groups in total. The Labute approximate surface area is 159 Å². The van der Waals surface area contributed by atoms with E-state index in [4.69, 9.17) is 5.11 Å². The molecule has 0 amide bonds. The lowest BCUT2D eigenvalue weighted by atomic mass is 9.98. The summed E-state index contributed by atoms with van der Waals surface area (Å²) in [5.41, 5.74) is 1.69. The van der Waals surface area contributed by atoms with Gasteiger partial charge in [0.05, 0.1) is 30.1 Å². The minimum Gasteiger partial charge on any atom is -0.395 e. The number of rotatable bonds is 6. The van der Waals surface area contributed by atoms with Crippen LogP contribution in [0, 0.1) is 5.92 Å². The summed E-state index contributed by atoms with van der Waals surface area (Å²) < 4.78 is 3.70. The average Bonchev–Trinajstić information content (AvgIpc) is 3.22. The maximum absolute atomic E-state index is 9.17. The Bertz CT molecular complexity index is 871. The van der Waals surface area contributed by atoms with Gasteiger partial charge in [-0.3, -0.25) is 4.68 Å². The molecule has 0 aliphatic carbocycles. The molecule has 4 rings (SSSR count). The van der Waals surface area contributed by atoms with Crippen LogP contribution in [0.4, 0.5) is 11.6 Å². The topological polar surface area (TPSA) is 96.9 Å². The quantitative estimate of drug-likeness (QED) is 0.679. The lowest BCUT2D eigenvalue weighted by Gasteiger charge is -2.32. The third-order valence-electron chi connectivity index (χ3n) is 4.79. The van der Waals surface area contributed by atoms with Crippen LogP contribution in [0.1, 0.15) is 20.3 Å². The highest BCUT2D eigenvalue weighted by Crippen LogP contribution is 2.21. The van der Waals surface area contributed by atoms with E-state index >= 15 is 0 Å². The maximum Gasteiger partial charge on any atom is 0.229 e. The number of hydrogen-bond acceptors (Lipinski definition) is 7. The van der Waals surface area contributed by atoms with Gasteiger partial charge in [0.1, 0.15) is 0 Å². The normalized spacial score (nSPS) is 17.8. The summed E-state index contributed by atoms with van der Waals surface area (Å²) in [6.45, 7) is 3.85. The number of fused-ring (bicyclic) bond motifs is 1. The summed E-state index contributed by atoms with van der Waals surface area (Å²) in [7, 11) is 1.87. The SMILES string of the molecule is C.Cn1cc(Nc2ncc3cnn(CC4CCCN(CCO)C4)c3n2)cn1. The Kier molecular flexibility index (Phi) is 6.02. The molecular weight excluding hydrogens is 344 g/mol. The number of aromatic nitrogens is 6. The number of β-amino-alcohol motifs (C(OH)–C–C–N with tert-alkyl or cyclic N) is 1. The van der Waals surface area contributed by atoms with Crippen LogP contribution >= 0.6 is 0 Å². The zero-order valence-corrected chi connectivity index (χ0v) is 14.9. The lowest BCUT2D eigenvalue weighted by Crippen LogP contribution is -2.38. The molecule has 1 fully saturated rings. The number of aryl methyl sites for hydroxylation is 1. The fourth-order valence-electron chi connectivity index (χ4n) is 3.56. The molecule has 4 heterocycles. The highest BCUT2D eigenvalue weighted by atomic mass is 16.3. The molecule has 1 unspecified atom stereocenters. The molecule has 0 saturated carbocycles. The van der Waals surface area contributed by atoms with Crippen molar-refractivity contribution in [3.63, 3.8) is 0 Å². The van der Waals surface area contributed by atoms with Crippen molar-refractivity contribution < 1.29 is 5.11 Å². The van der Waals surface area contributed by atoms with E-state index in [-0.39, 0.29) is 14.0 Å². The molecule has 9 heteroatoms. The molecule has 0 spiro atoms. The van der Waals surface area contributed by atoms with Crippen LogP contribution in [-0.2, 0) is 13.6 Å². The molecule has 27 heavy (non-hydrogen) atoms. The average molecular weight is 372 g/mol. The number of hydrogen-bond donors (Lipinski definition) is 2. The van der Waals surface area contributed by atoms with Gasteiger partial charge in [-0.1, -0.05) is 7.43 Å². The van der Waals surface area contributed by atoms with Crippen molar-refractivity contribution >= 4 is 22.7 Å². The summed E-state index contributed by atoms with van der Waals surface area (Å²) in [5, 5.41) is 21.9. The summed E-state index contributed by atoms with van der Waals surface area (Å²) in [6, 6.07) is 0. The zero-order chi connectivity index (χ0) is 17.9. The van der Waals surface area contributed by atoms with E-state index < -0.39 is 0 Å². The first-order chi connectivity index (χ1) is 12.7. The molecule has 1 saturated heterocycles. The first-order valence-electron chi connectivity index (χ1n) is 8.99. The van der Waals surface area contributed by atoms with Crippen LogP contribution in [0.3, 0.4) is 0 Å². The van der Waals surface area contributed by atoms with Gasteiger partial charge in [0, 0.05) is 39.1 Å².